The Balaban J connectivity index is 1.26. The van der Waals surface area contributed by atoms with Crippen LogP contribution in [-0.2, 0) is 15.0 Å². The van der Waals surface area contributed by atoms with Crippen LogP contribution in [0.15, 0.2) is 97.1 Å². The maximum Gasteiger partial charge on any atom is 0.321 e. The molecule has 1 atom stereocenters. The van der Waals surface area contributed by atoms with Gasteiger partial charge in [-0.05, 0) is 152 Å². The van der Waals surface area contributed by atoms with E-state index in [4.69, 9.17) is 18.9 Å². The average Bonchev–Trinajstić information content (AvgIpc) is 3.15. The Morgan fingerprint density at radius 1 is 0.519 bits per heavy atom. The van der Waals surface area contributed by atoms with Crippen LogP contribution in [0.4, 0.5) is 0 Å². The third kappa shape index (κ3) is 9.02. The molecule has 4 aromatic rings. The lowest BCUT2D eigenvalue weighted by atomic mass is 9.65. The summed E-state index contributed by atoms with van der Waals surface area (Å²) in [5, 5.41) is 0. The maximum absolute atomic E-state index is 14.0. The van der Waals surface area contributed by atoms with E-state index in [0.717, 1.165) is 36.1 Å². The van der Waals surface area contributed by atoms with E-state index in [-0.39, 0.29) is 23.0 Å². The summed E-state index contributed by atoms with van der Waals surface area (Å²) < 4.78 is 24.4. The Hall–Kier alpha value is -4.58. The van der Waals surface area contributed by atoms with Gasteiger partial charge in [0.15, 0.2) is 0 Å². The lowest BCUT2D eigenvalue weighted by molar-refractivity contribution is -0.157. The summed E-state index contributed by atoms with van der Waals surface area (Å²) in [7, 11) is 0. The van der Waals surface area contributed by atoms with Crippen LogP contribution in [-0.4, -0.2) is 23.1 Å². The number of ether oxygens (including phenoxy) is 4. The van der Waals surface area contributed by atoms with Gasteiger partial charge in [-0.2, -0.15) is 0 Å². The standard InChI is InChI=1S/C48H60O6/c1-11-45(6,7)53-40-30-22-37(23-31-40)48(32-14-13-15-33-48)36-20-28-39(29-21-36)52-43(50)47(10,12-2)46(8,9)54-41-26-18-35(19-27-41)34-16-24-38(25-17-34)51-42(49)44(3,4)5/h16-31H,11-15,32-33H2,1-10H3. The molecule has 54 heavy (non-hydrogen) atoms. The molecule has 0 aliphatic heterocycles. The number of rotatable bonds is 13. The van der Waals surface area contributed by atoms with Gasteiger partial charge < -0.3 is 18.9 Å². The molecular formula is C48H60O6. The Bertz CT molecular complexity index is 1860. The number of carbonyl (C=O) groups is 2. The maximum atomic E-state index is 14.0. The van der Waals surface area contributed by atoms with Crippen LogP contribution in [0.25, 0.3) is 11.1 Å². The number of benzene rings is 4. The van der Waals surface area contributed by atoms with E-state index in [9.17, 15) is 9.59 Å². The molecule has 6 nitrogen and oxygen atoms in total. The summed E-state index contributed by atoms with van der Waals surface area (Å²) in [5.74, 6) is 1.99. The molecule has 0 aromatic heterocycles. The van der Waals surface area contributed by atoms with Crippen molar-refractivity contribution in [3.05, 3.63) is 108 Å². The lowest BCUT2D eigenvalue weighted by Gasteiger charge is -2.41. The van der Waals surface area contributed by atoms with Crippen molar-refractivity contribution in [2.45, 2.75) is 131 Å². The van der Waals surface area contributed by atoms with Crippen molar-refractivity contribution in [2.75, 3.05) is 0 Å². The van der Waals surface area contributed by atoms with Crippen LogP contribution in [0.3, 0.4) is 0 Å². The molecule has 0 spiro atoms. The summed E-state index contributed by atoms with van der Waals surface area (Å²) >= 11 is 0. The fourth-order valence-corrected chi connectivity index (χ4v) is 7.11. The lowest BCUT2D eigenvalue weighted by Crippen LogP contribution is -2.52. The van der Waals surface area contributed by atoms with Crippen molar-refractivity contribution in [3.63, 3.8) is 0 Å². The van der Waals surface area contributed by atoms with Gasteiger partial charge in [0.25, 0.3) is 0 Å². The Kier molecular flexibility index (Phi) is 12.1. The molecule has 0 heterocycles. The minimum atomic E-state index is -0.939. The summed E-state index contributed by atoms with van der Waals surface area (Å²) in [6.07, 6.45) is 7.21. The molecule has 4 aromatic carbocycles. The second-order valence-electron chi connectivity index (χ2n) is 17.3. The zero-order valence-corrected chi connectivity index (χ0v) is 34.1. The van der Waals surface area contributed by atoms with Crippen LogP contribution in [0.5, 0.6) is 23.0 Å². The van der Waals surface area contributed by atoms with Gasteiger partial charge in [-0.3, -0.25) is 9.59 Å². The van der Waals surface area contributed by atoms with Gasteiger partial charge in [-0.25, -0.2) is 0 Å². The van der Waals surface area contributed by atoms with Gasteiger partial charge >= 0.3 is 11.9 Å². The highest BCUT2D eigenvalue weighted by Gasteiger charge is 2.49. The largest absolute Gasteiger partial charge is 0.488 e. The highest BCUT2D eigenvalue weighted by atomic mass is 16.5. The fourth-order valence-electron chi connectivity index (χ4n) is 7.11. The molecule has 0 saturated heterocycles. The second-order valence-corrected chi connectivity index (χ2v) is 17.3. The molecule has 1 aliphatic carbocycles. The molecule has 1 aliphatic rings. The van der Waals surface area contributed by atoms with Crippen molar-refractivity contribution in [2.24, 2.45) is 10.8 Å². The first kappa shape index (κ1) is 40.6. The average molecular weight is 733 g/mol. The predicted molar refractivity (Wildman–Crippen MR) is 217 cm³/mol. The molecule has 0 radical (unpaired) electrons. The molecule has 1 fully saturated rings. The van der Waals surface area contributed by atoms with E-state index in [1.165, 1.54) is 30.4 Å². The van der Waals surface area contributed by atoms with Crippen LogP contribution in [0.1, 0.15) is 125 Å². The van der Waals surface area contributed by atoms with Gasteiger partial charge in [-0.1, -0.05) is 81.6 Å². The number of hydrogen-bond donors (Lipinski definition) is 0. The van der Waals surface area contributed by atoms with E-state index in [1.807, 2.05) is 97.0 Å². The third-order valence-electron chi connectivity index (χ3n) is 11.7. The molecule has 288 valence electrons. The van der Waals surface area contributed by atoms with Crippen molar-refractivity contribution < 1.29 is 28.5 Å². The van der Waals surface area contributed by atoms with Crippen LogP contribution in [0.2, 0.25) is 0 Å². The Morgan fingerprint density at radius 3 is 1.37 bits per heavy atom. The SMILES string of the molecule is CCC(C)(C)Oc1ccc(C2(c3ccc(OC(=O)C(C)(CC)C(C)(C)Oc4ccc(-c5ccc(OC(=O)C(C)(C)C)cc5)cc4)cc3)CCCCC2)cc1. The predicted octanol–water partition coefficient (Wildman–Crippen LogP) is 12.3. The van der Waals surface area contributed by atoms with E-state index in [1.54, 1.807) is 12.1 Å². The van der Waals surface area contributed by atoms with Crippen molar-refractivity contribution >= 4 is 11.9 Å². The number of esters is 2. The summed E-state index contributed by atoms with van der Waals surface area (Å²) in [6.45, 7) is 19.7. The van der Waals surface area contributed by atoms with Gasteiger partial charge in [0.05, 0.1) is 5.41 Å². The van der Waals surface area contributed by atoms with E-state index in [0.29, 0.717) is 23.7 Å². The van der Waals surface area contributed by atoms with Gasteiger partial charge in [0, 0.05) is 5.41 Å². The quantitative estimate of drug-likeness (QED) is 0.101. The fraction of sp³-hybridized carbons (Fsp3) is 0.458. The minimum absolute atomic E-state index is 0.0900. The van der Waals surface area contributed by atoms with Crippen molar-refractivity contribution in [1.82, 2.24) is 0 Å². The first-order valence-electron chi connectivity index (χ1n) is 19.7. The van der Waals surface area contributed by atoms with Gasteiger partial charge in [-0.15, -0.1) is 0 Å². The second kappa shape index (κ2) is 16.0. The highest BCUT2D eigenvalue weighted by molar-refractivity contribution is 5.80. The van der Waals surface area contributed by atoms with E-state index >= 15 is 0 Å². The van der Waals surface area contributed by atoms with Crippen LogP contribution < -0.4 is 18.9 Å². The minimum Gasteiger partial charge on any atom is -0.488 e. The molecule has 0 amide bonds. The molecule has 0 bridgehead atoms. The Labute approximate surface area is 323 Å². The van der Waals surface area contributed by atoms with E-state index in [2.05, 4.69) is 57.2 Å². The topological polar surface area (TPSA) is 71.1 Å². The summed E-state index contributed by atoms with van der Waals surface area (Å²) in [5.41, 5.74) is 1.83. The first-order valence-corrected chi connectivity index (χ1v) is 19.7. The smallest absolute Gasteiger partial charge is 0.321 e. The van der Waals surface area contributed by atoms with Crippen LogP contribution >= 0.6 is 0 Å². The monoisotopic (exact) mass is 732 g/mol. The Morgan fingerprint density at radius 2 is 0.926 bits per heavy atom. The summed E-state index contributed by atoms with van der Waals surface area (Å²) in [4.78, 5) is 26.2. The molecule has 0 N–H and O–H groups in total. The third-order valence-corrected chi connectivity index (χ3v) is 11.7. The van der Waals surface area contributed by atoms with Crippen molar-refractivity contribution in [1.29, 1.82) is 0 Å². The zero-order valence-electron chi connectivity index (χ0n) is 34.1. The van der Waals surface area contributed by atoms with Crippen molar-refractivity contribution in [3.8, 4) is 34.1 Å². The first-order chi connectivity index (χ1) is 25.4. The molecular weight excluding hydrogens is 673 g/mol. The van der Waals surface area contributed by atoms with Gasteiger partial charge in [0.2, 0.25) is 0 Å². The van der Waals surface area contributed by atoms with Gasteiger partial charge in [0.1, 0.15) is 39.6 Å². The summed E-state index contributed by atoms with van der Waals surface area (Å²) in [6, 6.07) is 32.1. The molecule has 5 rings (SSSR count). The van der Waals surface area contributed by atoms with Crippen LogP contribution in [0, 0.1) is 10.8 Å². The zero-order chi connectivity index (χ0) is 39.4. The molecule has 6 heteroatoms. The van der Waals surface area contributed by atoms with E-state index < -0.39 is 16.4 Å². The molecule has 1 saturated carbocycles. The number of carbonyl (C=O) groups excluding carboxylic acids is 2. The molecule has 1 unspecified atom stereocenters. The highest BCUT2D eigenvalue weighted by Crippen LogP contribution is 2.46. The number of hydrogen-bond acceptors (Lipinski definition) is 6. The normalized spacial score (nSPS) is 15.8.